The van der Waals surface area contributed by atoms with Gasteiger partial charge in [0.25, 0.3) is 0 Å². The van der Waals surface area contributed by atoms with Crippen molar-refractivity contribution in [3.05, 3.63) is 29.6 Å². The van der Waals surface area contributed by atoms with Gasteiger partial charge < -0.3 is 178 Å². The van der Waals surface area contributed by atoms with Gasteiger partial charge in [-0.05, 0) is 17.7 Å². The van der Waals surface area contributed by atoms with Crippen molar-refractivity contribution in [3.8, 4) is 0 Å². The van der Waals surface area contributed by atoms with Crippen LogP contribution in [0.1, 0.15) is 11.3 Å². The van der Waals surface area contributed by atoms with Crippen molar-refractivity contribution in [1.29, 1.82) is 0 Å². The van der Waals surface area contributed by atoms with Gasteiger partial charge in [-0.2, -0.15) is 0 Å². The van der Waals surface area contributed by atoms with E-state index in [0.29, 0.717) is 5.56 Å². The zero-order valence-electron chi connectivity index (χ0n) is 45.6. The van der Waals surface area contributed by atoms with Crippen LogP contribution < -0.4 is 0 Å². The second-order valence-corrected chi connectivity index (χ2v) is 21.8. The van der Waals surface area contributed by atoms with Gasteiger partial charge >= 0.3 is 0 Å². The van der Waals surface area contributed by atoms with Gasteiger partial charge in [0.05, 0.1) is 64.8 Å². The van der Waals surface area contributed by atoms with Gasteiger partial charge in [-0.1, -0.05) is 5.16 Å². The largest absolute Gasteiger partial charge is 0.411 e. The first-order valence-electron chi connectivity index (χ1n) is 27.7. The lowest BCUT2D eigenvalue weighted by atomic mass is 9.95. The van der Waals surface area contributed by atoms with Crippen LogP contribution in [0, 0.1) is 0 Å². The molecule has 0 unspecified atom stereocenters. The van der Waals surface area contributed by atoms with Crippen molar-refractivity contribution in [2.45, 2.75) is 222 Å². The van der Waals surface area contributed by atoms with E-state index in [-0.39, 0.29) is 5.69 Å². The molecule has 14 bridgehead atoms. The van der Waals surface area contributed by atoms with Crippen LogP contribution in [0.25, 0.3) is 0 Å². The molecule has 21 saturated heterocycles. The van der Waals surface area contributed by atoms with E-state index < -0.39 is 268 Å². The Morgan fingerprint density at radius 1 is 0.345 bits per heavy atom. The predicted octanol–water partition coefficient (Wildman–Crippen LogP) is -13.8. The Labute approximate surface area is 491 Å². The summed E-state index contributed by atoms with van der Waals surface area (Å²) in [6.07, 6.45) is -68.0. The van der Waals surface area contributed by atoms with Gasteiger partial charge in [0, 0.05) is 6.20 Å². The number of pyridine rings is 1. The molecule has 498 valence electrons. The third kappa shape index (κ3) is 14.1. The van der Waals surface area contributed by atoms with E-state index in [0.717, 1.165) is 6.21 Å². The fourth-order valence-electron chi connectivity index (χ4n) is 11.5. The normalized spacial score (nSPS) is 50.4. The third-order valence-corrected chi connectivity index (χ3v) is 16.2. The minimum Gasteiger partial charge on any atom is -0.411 e. The van der Waals surface area contributed by atoms with Crippen molar-refractivity contribution >= 4 is 6.21 Å². The Kier molecular flexibility index (Phi) is 23.6. The van der Waals surface area contributed by atoms with E-state index in [1.54, 1.807) is 0 Å². The lowest BCUT2D eigenvalue weighted by Gasteiger charge is -2.50. The summed E-state index contributed by atoms with van der Waals surface area (Å²) in [7, 11) is 0. The van der Waals surface area contributed by atoms with Gasteiger partial charge in [0.15, 0.2) is 44.0 Å². The summed E-state index contributed by atoms with van der Waals surface area (Å²) < 4.78 is 87.5. The Morgan fingerprint density at radius 2 is 0.586 bits per heavy atom. The summed E-state index contributed by atoms with van der Waals surface area (Å²) in [5.74, 6) is 0. The zero-order chi connectivity index (χ0) is 62.9. The number of aliphatic hydroxyl groups excluding tert-OH is 20. The molecule has 1 aromatic rings. The van der Waals surface area contributed by atoms with Gasteiger partial charge in [-0.15, -0.1) is 0 Å². The molecule has 21 aliphatic rings. The molecule has 21 fully saturated rings. The first kappa shape index (κ1) is 68.6. The number of nitrogens with zero attached hydrogens (tertiary/aromatic N) is 2. The quantitative estimate of drug-likeness (QED) is 0.0556. The molecule has 38 nitrogen and oxygen atoms in total. The predicted molar refractivity (Wildman–Crippen MR) is 265 cm³/mol. The Balaban J connectivity index is 1.03. The van der Waals surface area contributed by atoms with Gasteiger partial charge in [0.1, 0.15) is 171 Å². The second kappa shape index (κ2) is 29.9. The maximum atomic E-state index is 12.2. The van der Waals surface area contributed by atoms with Crippen LogP contribution in [0.15, 0.2) is 23.5 Å². The Bertz CT molecular complexity index is 2320. The molecule has 0 aromatic carbocycles. The van der Waals surface area contributed by atoms with Crippen molar-refractivity contribution in [3.63, 3.8) is 0 Å². The van der Waals surface area contributed by atoms with Crippen molar-refractivity contribution in [2.75, 3.05) is 46.2 Å². The Hall–Kier alpha value is -2.78. The first-order valence-corrected chi connectivity index (χ1v) is 27.7. The minimum absolute atomic E-state index is 0.130. The molecule has 38 heteroatoms. The number of aliphatic hydroxyl groups is 20. The number of aromatic nitrogens is 1. The highest BCUT2D eigenvalue weighted by molar-refractivity contribution is 5.76. The van der Waals surface area contributed by atoms with Crippen molar-refractivity contribution in [2.24, 2.45) is 5.16 Å². The fourth-order valence-corrected chi connectivity index (χ4v) is 11.5. The lowest BCUT2D eigenvalue weighted by molar-refractivity contribution is -0.398. The highest BCUT2D eigenvalue weighted by Gasteiger charge is 2.60. The summed E-state index contributed by atoms with van der Waals surface area (Å²) in [4.78, 5) is 4.02. The second-order valence-electron chi connectivity index (χ2n) is 21.8. The zero-order valence-corrected chi connectivity index (χ0v) is 45.6. The number of oxime groups is 1. The molecule has 0 radical (unpaired) electrons. The molecule has 0 amide bonds. The summed E-state index contributed by atoms with van der Waals surface area (Å²) in [5, 5.41) is 236. The highest BCUT2D eigenvalue weighted by atomic mass is 16.8. The Morgan fingerprint density at radius 3 is 0.839 bits per heavy atom. The van der Waals surface area contributed by atoms with Gasteiger partial charge in [0.2, 0.25) is 0 Å². The van der Waals surface area contributed by atoms with E-state index >= 15 is 0 Å². The molecule has 0 aliphatic carbocycles. The molecule has 21 aliphatic heterocycles. The van der Waals surface area contributed by atoms with Gasteiger partial charge in [-0.3, -0.25) is 4.98 Å². The first-order chi connectivity index (χ1) is 41.6. The topological polar surface area (TPSA) is 589 Å². The molecule has 87 heavy (non-hydrogen) atoms. The summed E-state index contributed by atoms with van der Waals surface area (Å²) in [5.41, 5.74) is 0.438. The van der Waals surface area contributed by atoms with Crippen molar-refractivity contribution in [1.82, 2.24) is 4.98 Å². The number of rotatable bonds is 11. The minimum atomic E-state index is -2.23. The van der Waals surface area contributed by atoms with Gasteiger partial charge in [-0.25, -0.2) is 0 Å². The maximum Gasteiger partial charge on any atom is 0.187 e. The van der Waals surface area contributed by atoms with E-state index in [4.69, 9.17) is 76.3 Å². The van der Waals surface area contributed by atoms with Crippen LogP contribution in [0.5, 0.6) is 0 Å². The number of hydrogen-bond acceptors (Lipinski definition) is 38. The smallest absolute Gasteiger partial charge is 0.187 e. The van der Waals surface area contributed by atoms with Crippen LogP contribution in [-0.2, 0) is 77.7 Å². The van der Waals surface area contributed by atoms with Crippen LogP contribution >= 0.6 is 0 Å². The van der Waals surface area contributed by atoms with E-state index in [1.807, 2.05) is 0 Å². The van der Waals surface area contributed by atoms with E-state index in [1.165, 1.54) is 18.3 Å². The monoisotopic (exact) mass is 1270 g/mol. The maximum absolute atomic E-state index is 12.2. The SMILES string of the molecule is OC[C@H]1O[C@@H]2O[C@H]3[C@H](O)[C@@H](O)[C@@H](O[C@H]4[C@H](O)[C@@H](O)[C@@H](O[C@H]5[C@H](O)[C@@H](OCc6ccnc(/C=N/O)c6)[C@@H](O[C@H]6[C@H](O)[C@@H](O)[C@@H](O[C@H]7[C@H](O)[C@@H](O)[C@@H](O[C@H]8[C@H](O)[C@@H](O)[C@@H](O[C@H]1[C@H](O)[C@H]2O)O[C@@H]8CO)O[C@@H]7CO)O[C@@H]6CO)O[C@@H]5CO)O[C@@H]4CO)O[C@@H]3CO. The molecule has 22 rings (SSSR count). The lowest BCUT2D eigenvalue weighted by Crippen LogP contribution is -2.68. The molecule has 1 aromatic heterocycles. The van der Waals surface area contributed by atoms with Crippen LogP contribution in [0.4, 0.5) is 0 Å². The van der Waals surface area contributed by atoms with Crippen molar-refractivity contribution < 1.29 is 178 Å². The van der Waals surface area contributed by atoms with E-state index in [9.17, 15) is 102 Å². The van der Waals surface area contributed by atoms with E-state index in [2.05, 4.69) is 10.1 Å². The molecule has 35 atom stereocenters. The number of ether oxygens (including phenoxy) is 15. The summed E-state index contributed by atoms with van der Waals surface area (Å²) >= 11 is 0. The molecular formula is C49H76N2O36. The molecule has 0 spiro atoms. The standard InChI is InChI=1S/C49H76N2O36/c52-5-15-35-22(59)28(65)44(74-15)82-37-17(7-54)76-46(30(67)24(37)61)84-39-19(9-56)78-48(32(69)26(39)63)86-41-21(11-58)80-49(42(34(41)71)73-12-13-1-2-50-14(3-13)4-51-72)87-40-20(10-57)79-47(33(70)27(40)64)85-38-18(8-55)77-45(31(68)25(38)62)83-36-16(6-53)75-43(81-35)29(66)23(36)60/h1-4,15-49,52-72H,5-12H2/b51-4+/t15-,16-,17-,18-,19-,20-,21-,22-,23-,24-,25-,26-,27-,28-,29-,30-,31-,32-,33-,34+,35-,36-,37-,38-,39-,40-,41-,42-,43-,44-,45-,46-,47-,48-,49-/m1/s1. The average Bonchev–Trinajstić information content (AvgIpc) is 3.71. The van der Waals surface area contributed by atoms with Crippen LogP contribution in [0.2, 0.25) is 0 Å². The average molecular weight is 1270 g/mol. The highest BCUT2D eigenvalue weighted by Crippen LogP contribution is 2.39. The number of hydrogen-bond donors (Lipinski definition) is 21. The third-order valence-electron chi connectivity index (χ3n) is 16.2. The van der Waals surface area contributed by atoms with Crippen LogP contribution in [0.3, 0.4) is 0 Å². The molecule has 21 N–H and O–H groups in total. The summed E-state index contributed by atoms with van der Waals surface area (Å²) in [6, 6.07) is 2.84. The summed E-state index contributed by atoms with van der Waals surface area (Å²) in [6.45, 7) is -7.87. The molecule has 0 saturated carbocycles. The van der Waals surface area contributed by atoms with Crippen LogP contribution in [-0.4, -0.2) is 380 Å². The molecule has 22 heterocycles. The molecular weight excluding hydrogens is 1190 g/mol. The fraction of sp³-hybridized carbons (Fsp3) is 0.878.